The summed E-state index contributed by atoms with van der Waals surface area (Å²) in [6.45, 7) is -0.454. The molecule has 580 valence electrons. The Kier molecular flexibility index (Phi) is 34.8. The van der Waals surface area contributed by atoms with Crippen LogP contribution in [-0.2, 0) is 86.4 Å². The SMILES string of the molecule is CN[C@H]1CSC(=O)CC[C@@H](C(=O)N2CCC[C@H]2C(=O)N[C@@H](CCCCC(N)=NN)C(=O)O)NC(=O)[C@H](CO)NC(=O)[C@H](Cc2ccc(O)c(F)c2)NC(=O)[C@H](CO)NC(=O)[C@H](CCC(N)=O)NC(=O)[C@H](C(C)C)NC(=O)[C@H](Cc2ccccc2)N(C)C(=O)[C@H](Cc2ccccc2)N(C)C(=O)[C@H](CO)CC1=O. The molecule has 2 heterocycles. The van der Waals surface area contributed by atoms with E-state index in [9.17, 15) is 92.3 Å². The van der Waals surface area contributed by atoms with Gasteiger partial charge in [0.15, 0.2) is 22.5 Å². The number of halogens is 1. The van der Waals surface area contributed by atoms with E-state index in [0.717, 1.165) is 32.9 Å². The van der Waals surface area contributed by atoms with Crippen molar-refractivity contribution < 1.29 is 97.0 Å². The Morgan fingerprint density at radius 3 is 1.79 bits per heavy atom. The number of carbonyl (C=O) groups excluding carboxylic acids is 13. The monoisotopic (exact) mass is 1500 g/mol. The molecule has 0 spiro atoms. The number of aromatic hydroxyl groups is 1. The van der Waals surface area contributed by atoms with E-state index in [1.807, 2.05) is 0 Å². The van der Waals surface area contributed by atoms with Crippen LogP contribution < -0.4 is 59.8 Å². The van der Waals surface area contributed by atoms with Crippen molar-refractivity contribution in [2.45, 2.75) is 170 Å². The Bertz CT molecular complexity index is 3620. The summed E-state index contributed by atoms with van der Waals surface area (Å²) in [5.41, 5.74) is 12.2. The summed E-state index contributed by atoms with van der Waals surface area (Å²) in [6, 6.07) is 1.74. The highest BCUT2D eigenvalue weighted by molar-refractivity contribution is 8.13. The van der Waals surface area contributed by atoms with E-state index in [-0.39, 0.29) is 68.6 Å². The second kappa shape index (κ2) is 42.7. The standard InChI is InChI=1S/C70H98FN15O19S/c1-38(2)59-66(100)76-44(23-26-57(73)92)60(94)80-49(36-89)63(97)79-47(30-41-22-25-54(90)43(71)29-41)61(95)81-48(35-88)62(96)77-45(68(102)86-28-14-20-51(86)64(98)78-46(70(104)105)19-12-13-21-56(72)83-74)24-27-58(93)106-37-50(75-3)55(91)33-42(34-87)67(101)85(5)53(32-40-17-10-7-11-18-40)69(103)84(4)52(65(99)82-59)31-39-15-8-6-9-16-39/h6-11,15-18,22,25,29,38,42,44-53,59,75,87-90H,12-14,19-21,23-24,26-28,30-37,74H2,1-5H3,(H2,72,83)(H2,73,92)(H,76,100)(H,77,96)(H,78,98)(H,79,97)(H,80,94)(H,81,95)(H,82,99)(H,104,105)/t42-,44-,45-,46-,47-,48-,49-,50-,51-,52-,53-,59-/m0/s1. The minimum Gasteiger partial charge on any atom is -0.505 e. The average Bonchev–Trinajstić information content (AvgIpc) is 1.82. The van der Waals surface area contributed by atoms with Crippen molar-refractivity contribution in [2.24, 2.45) is 34.2 Å². The van der Waals surface area contributed by atoms with Crippen LogP contribution in [0.25, 0.3) is 0 Å². The van der Waals surface area contributed by atoms with Crippen molar-refractivity contribution >= 4 is 99.4 Å². The molecule has 36 heteroatoms. The predicted molar refractivity (Wildman–Crippen MR) is 383 cm³/mol. The van der Waals surface area contributed by atoms with Gasteiger partial charge in [0, 0.05) is 71.3 Å². The number of carboxylic acid groups (broad SMARTS) is 1. The molecule has 0 bridgehead atoms. The first-order valence-corrected chi connectivity index (χ1v) is 35.6. The number of likely N-dealkylation sites (tertiary alicyclic amines) is 1. The molecule has 34 nitrogen and oxygen atoms in total. The number of thioether (sulfide) groups is 1. The molecule has 0 aromatic heterocycles. The molecule has 0 saturated carbocycles. The quantitative estimate of drug-likeness (QED) is 0.0145. The number of ketones is 1. The number of hydrogen-bond acceptors (Lipinski definition) is 22. The fraction of sp³-hybridized carbons (Fsp3) is 0.529. The van der Waals surface area contributed by atoms with Gasteiger partial charge in [0.2, 0.25) is 65.0 Å². The molecule has 3 aromatic carbocycles. The average molecular weight is 1500 g/mol. The number of nitrogens with zero attached hydrogens (tertiary/aromatic N) is 4. The van der Waals surface area contributed by atoms with Crippen LogP contribution in [0.1, 0.15) is 101 Å². The summed E-state index contributed by atoms with van der Waals surface area (Å²) in [5.74, 6) is -13.0. The van der Waals surface area contributed by atoms with E-state index in [0.29, 0.717) is 29.3 Å². The topological polar surface area (TPSA) is 537 Å². The number of hydrogen-bond donors (Lipinski definition) is 16. The van der Waals surface area contributed by atoms with Crippen LogP contribution in [0.15, 0.2) is 84.0 Å². The molecule has 2 fully saturated rings. The first-order chi connectivity index (χ1) is 50.4. The number of Topliss-reactive ketones (excluding diaryl/α,β-unsaturated/α-hetero) is 1. The van der Waals surface area contributed by atoms with Crippen LogP contribution in [0.5, 0.6) is 5.75 Å². The number of likely N-dealkylation sites (N-methyl/N-ethyl adjacent to an activating group) is 3. The number of rotatable bonds is 23. The molecule has 0 radical (unpaired) electrons. The number of carboxylic acids is 1. The van der Waals surface area contributed by atoms with Crippen LogP contribution >= 0.6 is 11.8 Å². The van der Waals surface area contributed by atoms with Gasteiger partial charge in [0.25, 0.3) is 0 Å². The lowest BCUT2D eigenvalue weighted by Crippen LogP contribution is -2.62. The van der Waals surface area contributed by atoms with Crippen molar-refractivity contribution in [3.05, 3.63) is 101 Å². The predicted octanol–water partition coefficient (Wildman–Crippen LogP) is -3.41. The minimum absolute atomic E-state index is 0.000118. The fourth-order valence-corrected chi connectivity index (χ4v) is 12.9. The van der Waals surface area contributed by atoms with Gasteiger partial charge >= 0.3 is 5.97 Å². The number of aliphatic hydroxyl groups excluding tert-OH is 3. The molecule has 0 aliphatic carbocycles. The van der Waals surface area contributed by atoms with Gasteiger partial charge in [-0.25, -0.2) is 9.18 Å². The van der Waals surface area contributed by atoms with Crippen molar-refractivity contribution in [1.82, 2.24) is 57.2 Å². The van der Waals surface area contributed by atoms with Crippen molar-refractivity contribution in [3.63, 3.8) is 0 Å². The summed E-state index contributed by atoms with van der Waals surface area (Å²) in [5, 5.41) is 74.8. The molecule has 3 aromatic rings. The Hall–Kier alpha value is -10.2. The molecule has 106 heavy (non-hydrogen) atoms. The van der Waals surface area contributed by atoms with Crippen LogP contribution in [0.4, 0.5) is 4.39 Å². The molecule has 0 unspecified atom stereocenters. The number of carbonyl (C=O) groups is 14. The number of phenolic OH excluding ortho intramolecular Hbond substituents is 1. The van der Waals surface area contributed by atoms with Crippen LogP contribution in [-0.4, -0.2) is 248 Å². The molecular formula is C70H98FN15O19S. The van der Waals surface area contributed by atoms with Gasteiger partial charge < -0.3 is 100 Å². The maximum atomic E-state index is 15.3. The summed E-state index contributed by atoms with van der Waals surface area (Å²) in [7, 11) is 3.98. The van der Waals surface area contributed by atoms with Crippen molar-refractivity contribution in [2.75, 3.05) is 53.3 Å². The first kappa shape index (κ1) is 86.5. The number of nitrogens with one attached hydrogen (secondary N) is 8. The minimum atomic E-state index is -2.05. The second-order valence-corrected chi connectivity index (χ2v) is 27.4. The van der Waals surface area contributed by atoms with Gasteiger partial charge in [0.05, 0.1) is 31.8 Å². The number of benzene rings is 3. The van der Waals surface area contributed by atoms with Gasteiger partial charge in [-0.05, 0) is 80.3 Å². The highest BCUT2D eigenvalue weighted by Gasteiger charge is 2.43. The third kappa shape index (κ3) is 25.9. The Labute approximate surface area is 616 Å². The largest absolute Gasteiger partial charge is 0.505 e. The van der Waals surface area contributed by atoms with E-state index >= 15 is 4.79 Å². The molecule has 2 aliphatic rings. The fourth-order valence-electron chi connectivity index (χ4n) is 12.0. The number of primary amides is 1. The molecule has 2 saturated heterocycles. The number of hydrazone groups is 1. The van der Waals surface area contributed by atoms with Gasteiger partial charge in [-0.3, -0.25) is 62.3 Å². The number of phenols is 1. The maximum Gasteiger partial charge on any atom is 0.326 e. The number of amides is 11. The lowest BCUT2D eigenvalue weighted by atomic mass is 9.95. The molecule has 19 N–H and O–H groups in total. The first-order valence-electron chi connectivity index (χ1n) is 34.6. The van der Waals surface area contributed by atoms with E-state index in [4.69, 9.17) is 17.3 Å². The normalized spacial score (nSPS) is 24.3. The summed E-state index contributed by atoms with van der Waals surface area (Å²) in [6.07, 6.45) is -2.98. The van der Waals surface area contributed by atoms with Crippen molar-refractivity contribution in [1.29, 1.82) is 0 Å². The molecule has 2 aliphatic heterocycles. The Balaban J connectivity index is 1.61. The zero-order chi connectivity index (χ0) is 78.5. The molecule has 12 atom stereocenters. The maximum absolute atomic E-state index is 15.3. The lowest BCUT2D eigenvalue weighted by molar-refractivity contribution is -0.150. The van der Waals surface area contributed by atoms with E-state index < -0.39 is 230 Å². The highest BCUT2D eigenvalue weighted by atomic mass is 32.2. The van der Waals surface area contributed by atoms with Gasteiger partial charge in [-0.2, -0.15) is 5.10 Å². The zero-order valence-electron chi connectivity index (χ0n) is 59.7. The highest BCUT2D eigenvalue weighted by Crippen LogP contribution is 2.25. The number of aliphatic hydroxyl groups is 3. The van der Waals surface area contributed by atoms with Crippen LogP contribution in [0.2, 0.25) is 0 Å². The summed E-state index contributed by atoms with van der Waals surface area (Å²) in [4.78, 5) is 202. The Morgan fingerprint density at radius 1 is 0.670 bits per heavy atom. The number of unbranched alkanes of at least 4 members (excludes halogenated alkanes) is 1. The number of amidine groups is 1. The zero-order valence-corrected chi connectivity index (χ0v) is 60.5. The molecule has 11 amide bonds. The van der Waals surface area contributed by atoms with E-state index in [2.05, 4.69) is 47.6 Å². The summed E-state index contributed by atoms with van der Waals surface area (Å²) < 4.78 is 14.9. The Morgan fingerprint density at radius 2 is 1.24 bits per heavy atom. The van der Waals surface area contributed by atoms with Crippen LogP contribution in [0.3, 0.4) is 0 Å². The third-order valence-corrected chi connectivity index (χ3v) is 19.3. The third-order valence-electron chi connectivity index (χ3n) is 18.2. The van der Waals surface area contributed by atoms with Gasteiger partial charge in [0.1, 0.15) is 66.3 Å². The van der Waals surface area contributed by atoms with E-state index in [1.54, 1.807) is 60.7 Å². The van der Waals surface area contributed by atoms with Gasteiger partial charge in [-0.15, -0.1) is 0 Å². The van der Waals surface area contributed by atoms with Gasteiger partial charge in [-0.1, -0.05) is 98.8 Å². The second-order valence-electron chi connectivity index (χ2n) is 26.3. The molecular weight excluding hydrogens is 1410 g/mol. The van der Waals surface area contributed by atoms with Crippen LogP contribution in [0, 0.1) is 17.7 Å². The van der Waals surface area contributed by atoms with E-state index in [1.165, 1.54) is 35.0 Å². The number of aliphatic carboxylic acids is 1. The lowest BCUT2D eigenvalue weighted by Gasteiger charge is -2.36. The van der Waals surface area contributed by atoms with Crippen molar-refractivity contribution in [3.8, 4) is 5.75 Å². The molecule has 5 rings (SSSR count). The number of nitrogens with two attached hydrogens (primary N) is 3. The summed E-state index contributed by atoms with van der Waals surface area (Å²) >= 11 is 0.599. The smallest absolute Gasteiger partial charge is 0.326 e.